The van der Waals surface area contributed by atoms with Gasteiger partial charge in [-0.15, -0.1) is 5.10 Å². The van der Waals surface area contributed by atoms with Crippen LogP contribution < -0.4 is 5.32 Å². The number of carbonyl (C=O) groups excluding carboxylic acids is 2. The number of esters is 1. The van der Waals surface area contributed by atoms with Gasteiger partial charge in [0.15, 0.2) is 5.82 Å². The molecule has 0 radical (unpaired) electrons. The lowest BCUT2D eigenvalue weighted by Gasteiger charge is -2.09. The summed E-state index contributed by atoms with van der Waals surface area (Å²) in [5, 5.41) is 9.75. The summed E-state index contributed by atoms with van der Waals surface area (Å²) in [6, 6.07) is 11.1. The number of hydrogen-bond acceptors (Lipinski definition) is 6. The lowest BCUT2D eigenvalue weighted by Crippen LogP contribution is -2.15. The van der Waals surface area contributed by atoms with E-state index in [9.17, 15) is 14.0 Å². The van der Waals surface area contributed by atoms with Gasteiger partial charge >= 0.3 is 5.97 Å². The van der Waals surface area contributed by atoms with Crippen LogP contribution in [0.4, 0.5) is 10.1 Å². The molecule has 144 valence electrons. The summed E-state index contributed by atoms with van der Waals surface area (Å²) in [7, 11) is 1.30. The van der Waals surface area contributed by atoms with Crippen LogP contribution in [-0.4, -0.2) is 39.9 Å². The van der Waals surface area contributed by atoms with E-state index in [-0.39, 0.29) is 11.7 Å². The molecule has 3 rings (SSSR count). The average molecular weight is 400 g/mol. The maximum atomic E-state index is 13.8. The van der Waals surface area contributed by atoms with Crippen molar-refractivity contribution in [1.82, 2.24) is 15.2 Å². The van der Waals surface area contributed by atoms with Crippen molar-refractivity contribution in [1.29, 1.82) is 0 Å². The molecule has 0 saturated heterocycles. The van der Waals surface area contributed by atoms with Crippen LogP contribution in [0.1, 0.15) is 15.9 Å². The van der Waals surface area contributed by atoms with Gasteiger partial charge in [-0.25, -0.2) is 14.2 Å². The maximum absolute atomic E-state index is 13.8. The third-order valence-electron chi connectivity index (χ3n) is 3.86. The molecule has 0 aliphatic rings. The predicted octanol–water partition coefficient (Wildman–Crippen LogP) is 3.44. The highest BCUT2D eigenvalue weighted by Gasteiger charge is 2.13. The highest BCUT2D eigenvalue weighted by molar-refractivity contribution is 7.99. The van der Waals surface area contributed by atoms with E-state index < -0.39 is 11.8 Å². The predicted molar refractivity (Wildman–Crippen MR) is 104 cm³/mol. The first-order chi connectivity index (χ1) is 13.5. The molecule has 1 aromatic heterocycles. The number of nitrogens with zero attached hydrogens (tertiary/aromatic N) is 2. The normalized spacial score (nSPS) is 10.5. The summed E-state index contributed by atoms with van der Waals surface area (Å²) in [6.07, 6.45) is 0. The standard InChI is InChI=1S/C19H17FN4O3S/c1-11-7-8-12(18(26)27-2)9-15(11)21-16(25)10-28-19-22-17(23-24-19)13-5-3-4-6-14(13)20/h3-9H,10H2,1-2H3,(H,21,25)(H,22,23,24). The molecule has 0 fully saturated rings. The Morgan fingerprint density at radius 2 is 2.04 bits per heavy atom. The highest BCUT2D eigenvalue weighted by atomic mass is 32.2. The van der Waals surface area contributed by atoms with E-state index in [1.807, 2.05) is 6.92 Å². The van der Waals surface area contributed by atoms with Crippen LogP contribution in [-0.2, 0) is 9.53 Å². The smallest absolute Gasteiger partial charge is 0.337 e. The number of amides is 1. The number of halogens is 1. The summed E-state index contributed by atoms with van der Waals surface area (Å²) in [6.45, 7) is 1.82. The van der Waals surface area contributed by atoms with Crippen molar-refractivity contribution in [3.05, 3.63) is 59.4 Å². The number of aromatic amines is 1. The van der Waals surface area contributed by atoms with Gasteiger partial charge in [0.25, 0.3) is 0 Å². The Morgan fingerprint density at radius 1 is 1.25 bits per heavy atom. The van der Waals surface area contributed by atoms with Crippen molar-refractivity contribution in [2.45, 2.75) is 12.1 Å². The lowest BCUT2D eigenvalue weighted by atomic mass is 10.1. The average Bonchev–Trinajstić information content (AvgIpc) is 3.16. The molecule has 0 spiro atoms. The first-order valence-electron chi connectivity index (χ1n) is 8.27. The molecule has 3 aromatic rings. The highest BCUT2D eigenvalue weighted by Crippen LogP contribution is 2.22. The Bertz CT molecular complexity index is 1020. The molecule has 28 heavy (non-hydrogen) atoms. The maximum Gasteiger partial charge on any atom is 0.337 e. The van der Waals surface area contributed by atoms with Gasteiger partial charge < -0.3 is 10.1 Å². The molecule has 0 unspecified atom stereocenters. The Balaban J connectivity index is 1.63. The SMILES string of the molecule is COC(=O)c1ccc(C)c(NC(=O)CSc2n[nH]c(-c3ccccc3F)n2)c1. The summed E-state index contributed by atoms with van der Waals surface area (Å²) in [5.74, 6) is -0.827. The number of thioether (sulfide) groups is 1. The molecule has 1 heterocycles. The Hall–Kier alpha value is -3.20. The first-order valence-corrected chi connectivity index (χ1v) is 9.25. The van der Waals surface area contributed by atoms with Gasteiger partial charge in [0.1, 0.15) is 5.82 Å². The van der Waals surface area contributed by atoms with Crippen LogP contribution in [0.25, 0.3) is 11.4 Å². The molecule has 0 aliphatic heterocycles. The number of hydrogen-bond donors (Lipinski definition) is 2. The number of H-pyrrole nitrogens is 1. The summed E-state index contributed by atoms with van der Waals surface area (Å²) >= 11 is 1.11. The molecule has 9 heteroatoms. The molecular weight excluding hydrogens is 383 g/mol. The van der Waals surface area contributed by atoms with Crippen molar-refractivity contribution >= 4 is 29.3 Å². The van der Waals surface area contributed by atoms with Crippen LogP contribution >= 0.6 is 11.8 Å². The fourth-order valence-electron chi connectivity index (χ4n) is 2.40. The summed E-state index contributed by atoms with van der Waals surface area (Å²) in [4.78, 5) is 28.1. The molecule has 2 aromatic carbocycles. The van der Waals surface area contributed by atoms with Crippen molar-refractivity contribution in [2.75, 3.05) is 18.2 Å². The van der Waals surface area contributed by atoms with Gasteiger partial charge in [0.2, 0.25) is 11.1 Å². The minimum Gasteiger partial charge on any atom is -0.465 e. The van der Waals surface area contributed by atoms with E-state index >= 15 is 0 Å². The van der Waals surface area contributed by atoms with Crippen molar-refractivity contribution in [2.24, 2.45) is 0 Å². The fourth-order valence-corrected chi connectivity index (χ4v) is 3.00. The molecule has 1 amide bonds. The second kappa shape index (κ2) is 8.66. The molecule has 7 nitrogen and oxygen atoms in total. The van der Waals surface area contributed by atoms with E-state index in [1.165, 1.54) is 13.2 Å². The van der Waals surface area contributed by atoms with E-state index in [0.717, 1.165) is 17.3 Å². The molecule has 0 atom stereocenters. The zero-order chi connectivity index (χ0) is 20.1. The van der Waals surface area contributed by atoms with Crippen molar-refractivity contribution < 1.29 is 18.7 Å². The minimum absolute atomic E-state index is 0.0520. The van der Waals surface area contributed by atoms with Crippen LogP contribution in [0.3, 0.4) is 0 Å². The number of anilines is 1. The number of rotatable bonds is 6. The number of aryl methyl sites for hydroxylation is 1. The van der Waals surface area contributed by atoms with E-state index in [0.29, 0.717) is 27.8 Å². The Kier molecular flexibility index (Phi) is 6.05. The van der Waals surface area contributed by atoms with Gasteiger partial charge in [0.05, 0.1) is 24.0 Å². The van der Waals surface area contributed by atoms with Gasteiger partial charge in [-0.2, -0.15) is 0 Å². The van der Waals surface area contributed by atoms with Gasteiger partial charge in [-0.3, -0.25) is 9.89 Å². The zero-order valence-corrected chi connectivity index (χ0v) is 16.0. The molecule has 0 bridgehead atoms. The van der Waals surface area contributed by atoms with Crippen LogP contribution in [0, 0.1) is 12.7 Å². The molecule has 0 aliphatic carbocycles. The van der Waals surface area contributed by atoms with Gasteiger partial charge in [0, 0.05) is 5.69 Å². The van der Waals surface area contributed by atoms with E-state index in [4.69, 9.17) is 0 Å². The van der Waals surface area contributed by atoms with Crippen LogP contribution in [0.15, 0.2) is 47.6 Å². The largest absolute Gasteiger partial charge is 0.465 e. The molecular formula is C19H17FN4O3S. The van der Waals surface area contributed by atoms with Crippen LogP contribution in [0.5, 0.6) is 0 Å². The van der Waals surface area contributed by atoms with Crippen LogP contribution in [0.2, 0.25) is 0 Å². The van der Waals surface area contributed by atoms with Gasteiger partial charge in [-0.05, 0) is 36.8 Å². The third-order valence-corrected chi connectivity index (χ3v) is 4.71. The summed E-state index contributed by atoms with van der Waals surface area (Å²) in [5.41, 5.74) is 1.99. The quantitative estimate of drug-likeness (QED) is 0.486. The minimum atomic E-state index is -0.480. The fraction of sp³-hybridized carbons (Fsp3) is 0.158. The van der Waals surface area contributed by atoms with E-state index in [2.05, 4.69) is 25.2 Å². The van der Waals surface area contributed by atoms with Crippen molar-refractivity contribution in [3.63, 3.8) is 0 Å². The number of nitrogens with one attached hydrogen (secondary N) is 2. The first kappa shape index (κ1) is 19.6. The lowest BCUT2D eigenvalue weighted by molar-refractivity contribution is -0.113. The number of carbonyl (C=O) groups is 2. The Morgan fingerprint density at radius 3 is 2.79 bits per heavy atom. The number of methoxy groups -OCH3 is 1. The third kappa shape index (κ3) is 4.55. The number of benzene rings is 2. The van der Waals surface area contributed by atoms with E-state index in [1.54, 1.807) is 36.4 Å². The molecule has 0 saturated carbocycles. The number of ether oxygens (including phenoxy) is 1. The second-order valence-corrected chi connectivity index (χ2v) is 6.75. The molecule has 2 N–H and O–H groups in total. The topological polar surface area (TPSA) is 97.0 Å². The number of aromatic nitrogens is 3. The Labute approximate surface area is 164 Å². The monoisotopic (exact) mass is 400 g/mol. The van der Waals surface area contributed by atoms with Gasteiger partial charge in [-0.1, -0.05) is 30.0 Å². The zero-order valence-electron chi connectivity index (χ0n) is 15.2. The summed E-state index contributed by atoms with van der Waals surface area (Å²) < 4.78 is 18.5. The second-order valence-electron chi connectivity index (χ2n) is 5.80. The van der Waals surface area contributed by atoms with Crippen molar-refractivity contribution in [3.8, 4) is 11.4 Å².